The lowest BCUT2D eigenvalue weighted by Crippen LogP contribution is -2.66. The molecule has 0 amide bonds. The molecular formula is C36H48O9S. The number of hydrogen-bond acceptors (Lipinski definition) is 8. The van der Waals surface area contributed by atoms with Crippen LogP contribution in [-0.4, -0.2) is 77.2 Å². The van der Waals surface area contributed by atoms with Crippen molar-refractivity contribution < 1.29 is 43.6 Å². The third kappa shape index (κ3) is 3.96. The van der Waals surface area contributed by atoms with Crippen molar-refractivity contribution in [1.82, 2.24) is 0 Å². The van der Waals surface area contributed by atoms with Crippen molar-refractivity contribution in [1.29, 1.82) is 0 Å². The van der Waals surface area contributed by atoms with Crippen molar-refractivity contribution in [2.24, 2.45) is 17.8 Å². The van der Waals surface area contributed by atoms with Gasteiger partial charge in [0.25, 0.3) is 10.1 Å². The van der Waals surface area contributed by atoms with E-state index in [1.165, 1.54) is 0 Å². The Bertz CT molecular complexity index is 1570. The molecule has 12 bridgehead atoms. The molecule has 0 radical (unpaired) electrons. The quantitative estimate of drug-likeness (QED) is 0.240. The fourth-order valence-electron chi connectivity index (χ4n) is 15.9. The Labute approximate surface area is 270 Å². The van der Waals surface area contributed by atoms with Crippen LogP contribution in [0, 0.1) is 17.8 Å². The zero-order valence-electron chi connectivity index (χ0n) is 26.5. The molecule has 12 saturated carbocycles. The molecule has 1 aromatic carbocycles. The smallest absolute Gasteiger partial charge is 0.295 e. The Kier molecular flexibility index (Phi) is 5.24. The molecule has 0 saturated heterocycles. The maximum absolute atomic E-state index is 13.9. The molecule has 6 atom stereocenters. The van der Waals surface area contributed by atoms with Gasteiger partial charge in [0.2, 0.25) is 0 Å². The van der Waals surface area contributed by atoms with E-state index in [2.05, 4.69) is 0 Å². The molecular weight excluding hydrogens is 608 g/mol. The summed E-state index contributed by atoms with van der Waals surface area (Å²) in [5.41, 5.74) is -7.30. The summed E-state index contributed by atoms with van der Waals surface area (Å²) in [6, 6.07) is 3.83. The predicted molar refractivity (Wildman–Crippen MR) is 165 cm³/mol. The van der Waals surface area contributed by atoms with Crippen LogP contribution in [0.4, 0.5) is 0 Å². The lowest BCUT2D eigenvalue weighted by Gasteiger charge is -2.65. The normalized spacial score (nSPS) is 57.5. The Morgan fingerprint density at radius 2 is 0.739 bits per heavy atom. The van der Waals surface area contributed by atoms with Crippen LogP contribution in [0.5, 0.6) is 0 Å². The molecule has 10 heteroatoms. The minimum atomic E-state index is -4.85. The van der Waals surface area contributed by atoms with Crippen molar-refractivity contribution in [2.45, 2.75) is 170 Å². The highest BCUT2D eigenvalue weighted by Gasteiger charge is 2.68. The van der Waals surface area contributed by atoms with Crippen molar-refractivity contribution >= 4 is 10.1 Å². The molecule has 12 aliphatic rings. The van der Waals surface area contributed by atoms with Crippen LogP contribution in [0.15, 0.2) is 17.0 Å². The first-order chi connectivity index (χ1) is 21.2. The minimum Gasteiger partial charge on any atom is -0.390 e. The Hall–Kier alpha value is -1.11. The first kappa shape index (κ1) is 29.8. The van der Waals surface area contributed by atoms with Crippen LogP contribution in [0.3, 0.4) is 0 Å². The highest BCUT2D eigenvalue weighted by molar-refractivity contribution is 7.86. The Morgan fingerprint density at radius 1 is 0.457 bits per heavy atom. The summed E-state index contributed by atoms with van der Waals surface area (Å²) in [4.78, 5) is -0.165. The van der Waals surface area contributed by atoms with E-state index in [0.717, 1.165) is 12.0 Å². The van der Waals surface area contributed by atoms with Crippen LogP contribution >= 0.6 is 0 Å². The molecule has 0 aliphatic heterocycles. The van der Waals surface area contributed by atoms with E-state index in [1.54, 1.807) is 0 Å². The molecule has 12 fully saturated rings. The summed E-state index contributed by atoms with van der Waals surface area (Å²) < 4.78 is 39.0. The molecule has 252 valence electrons. The van der Waals surface area contributed by atoms with Crippen molar-refractivity contribution in [3.8, 4) is 0 Å². The number of hydrogen-bond donors (Lipinski definition) is 7. The van der Waals surface area contributed by atoms with Crippen LogP contribution in [0.25, 0.3) is 0 Å². The summed E-state index contributed by atoms with van der Waals surface area (Å²) in [5, 5.41) is 70.8. The van der Waals surface area contributed by atoms with Gasteiger partial charge in [-0.1, -0.05) is 12.1 Å². The van der Waals surface area contributed by atoms with Crippen LogP contribution < -0.4 is 0 Å². The Morgan fingerprint density at radius 3 is 1.02 bits per heavy atom. The highest BCUT2D eigenvalue weighted by Crippen LogP contribution is 2.69. The zero-order valence-corrected chi connectivity index (χ0v) is 27.3. The molecule has 9 nitrogen and oxygen atoms in total. The van der Waals surface area contributed by atoms with Crippen molar-refractivity contribution in [2.75, 3.05) is 0 Å². The van der Waals surface area contributed by atoms with Gasteiger partial charge in [-0.3, -0.25) is 4.55 Å². The lowest BCUT2D eigenvalue weighted by molar-refractivity contribution is -0.210. The fourth-order valence-corrected chi connectivity index (χ4v) is 17.0. The summed E-state index contributed by atoms with van der Waals surface area (Å²) >= 11 is 0. The van der Waals surface area contributed by atoms with Crippen LogP contribution in [-0.2, 0) is 26.4 Å². The predicted octanol–water partition coefficient (Wildman–Crippen LogP) is 3.03. The number of benzene rings is 1. The van der Waals surface area contributed by atoms with Crippen LogP contribution in [0.1, 0.15) is 132 Å². The topological polar surface area (TPSA) is 176 Å². The Balaban J connectivity index is 1.26. The summed E-state index contributed by atoms with van der Waals surface area (Å²) in [6.07, 6.45) is 8.35. The second kappa shape index (κ2) is 8.09. The van der Waals surface area contributed by atoms with Gasteiger partial charge in [0.1, 0.15) is 4.90 Å². The van der Waals surface area contributed by atoms with Gasteiger partial charge in [-0.05, 0) is 131 Å². The molecule has 0 heterocycles. The molecule has 6 unspecified atom stereocenters. The zero-order chi connectivity index (χ0) is 32.2. The number of aliphatic hydroxyl groups is 6. The lowest BCUT2D eigenvalue weighted by atomic mass is 9.42. The fraction of sp³-hybridized carbons (Fsp3) is 0.833. The summed E-state index contributed by atoms with van der Waals surface area (Å²) in [5.74, 6) is 0.144. The average Bonchev–Trinajstić information content (AvgIpc) is 2.81. The van der Waals surface area contributed by atoms with E-state index >= 15 is 0 Å². The molecule has 13 rings (SSSR count). The van der Waals surface area contributed by atoms with E-state index in [9.17, 15) is 43.6 Å². The second-order valence-electron chi connectivity index (χ2n) is 19.6. The third-order valence-corrected chi connectivity index (χ3v) is 16.1. The van der Waals surface area contributed by atoms with E-state index < -0.39 is 60.0 Å². The summed E-state index contributed by atoms with van der Waals surface area (Å²) in [6.45, 7) is 0. The van der Waals surface area contributed by atoms with Crippen molar-refractivity contribution in [3.63, 3.8) is 0 Å². The van der Waals surface area contributed by atoms with E-state index in [4.69, 9.17) is 0 Å². The molecule has 12 aliphatic carbocycles. The van der Waals surface area contributed by atoms with Gasteiger partial charge >= 0.3 is 0 Å². The average molecular weight is 657 g/mol. The van der Waals surface area contributed by atoms with E-state index in [1.807, 2.05) is 12.1 Å². The first-order valence-electron chi connectivity index (χ1n) is 17.7. The molecule has 0 aromatic heterocycles. The SMILES string of the molecule is O=S(=O)(O)c1c(C23CC4CC(O)(CC(O)(C4)C2)C3)cc(C23CC4CC(O)(CC(O)(C4)C2)C3)cc1C12CC3CC(O)(CC(O)(C3)C1)C2. The van der Waals surface area contributed by atoms with Gasteiger partial charge in [-0.2, -0.15) is 8.42 Å². The van der Waals surface area contributed by atoms with Gasteiger partial charge < -0.3 is 30.6 Å². The molecule has 46 heavy (non-hydrogen) atoms. The van der Waals surface area contributed by atoms with Crippen LogP contribution in [0.2, 0.25) is 0 Å². The van der Waals surface area contributed by atoms with E-state index in [-0.39, 0.29) is 61.2 Å². The molecule has 7 N–H and O–H groups in total. The van der Waals surface area contributed by atoms with Gasteiger partial charge in [0.05, 0.1) is 33.6 Å². The maximum Gasteiger partial charge on any atom is 0.295 e. The third-order valence-electron chi connectivity index (χ3n) is 15.1. The van der Waals surface area contributed by atoms with Gasteiger partial charge in [0.15, 0.2) is 0 Å². The van der Waals surface area contributed by atoms with Gasteiger partial charge in [0, 0.05) is 35.5 Å². The summed E-state index contributed by atoms with van der Waals surface area (Å²) in [7, 11) is -4.85. The van der Waals surface area contributed by atoms with Gasteiger partial charge in [-0.25, -0.2) is 0 Å². The minimum absolute atomic E-state index is 0.00884. The number of rotatable bonds is 4. The highest BCUT2D eigenvalue weighted by atomic mass is 32.2. The molecule has 1 aromatic rings. The monoisotopic (exact) mass is 656 g/mol. The standard InChI is InChI=1S/C36H48O9S/c37-31-6-21-3-28(12-31,13-32(38,7-21)18-31)24-1-25(29-4-22-8-33(39,14-29)19-34(40,9-22)15-29)27(46(43,44)45)26(2-24)30-5-23-10-35(41,16-30)20-36(42,11-23)17-30/h1-2,21-23,37-42H,3-20H2,(H,43,44,45). The van der Waals surface area contributed by atoms with Crippen molar-refractivity contribution in [3.05, 3.63) is 28.8 Å². The van der Waals surface area contributed by atoms with E-state index in [0.29, 0.717) is 81.8 Å². The second-order valence-corrected chi connectivity index (χ2v) is 20.9. The first-order valence-corrected chi connectivity index (χ1v) is 19.1. The maximum atomic E-state index is 13.9. The van der Waals surface area contributed by atoms with Gasteiger partial charge in [-0.15, -0.1) is 0 Å². The largest absolute Gasteiger partial charge is 0.390 e. The molecule has 0 spiro atoms.